The third-order valence-electron chi connectivity index (χ3n) is 3.93. The SMILES string of the molecule is CC(C)(C)OC(=O)N[C@@H]1CCCN(CCc2cc(Br)ccc2F)C1. The molecule has 0 saturated carbocycles. The molecule has 1 aromatic carbocycles. The average Bonchev–Trinajstić information content (AvgIpc) is 2.46. The molecule has 0 radical (unpaired) electrons. The molecule has 2 rings (SSSR count). The van der Waals surface area contributed by atoms with Crippen molar-refractivity contribution in [2.45, 2.75) is 51.7 Å². The quantitative estimate of drug-likeness (QED) is 0.826. The van der Waals surface area contributed by atoms with E-state index < -0.39 is 5.60 Å². The van der Waals surface area contributed by atoms with Crippen LogP contribution in [0.4, 0.5) is 9.18 Å². The van der Waals surface area contributed by atoms with Gasteiger partial charge in [0.25, 0.3) is 0 Å². The summed E-state index contributed by atoms with van der Waals surface area (Å²) in [5.41, 5.74) is 0.225. The summed E-state index contributed by atoms with van der Waals surface area (Å²) in [4.78, 5) is 14.2. The van der Waals surface area contributed by atoms with E-state index >= 15 is 0 Å². The highest BCUT2D eigenvalue weighted by molar-refractivity contribution is 9.10. The fraction of sp³-hybridized carbons (Fsp3) is 0.611. The molecule has 4 nitrogen and oxygen atoms in total. The van der Waals surface area contributed by atoms with Crippen molar-refractivity contribution in [2.75, 3.05) is 19.6 Å². The summed E-state index contributed by atoms with van der Waals surface area (Å²) in [6.45, 7) is 8.09. The molecular formula is C18H26BrFN2O2. The van der Waals surface area contributed by atoms with Crippen LogP contribution in [0.1, 0.15) is 39.2 Å². The van der Waals surface area contributed by atoms with E-state index in [1.807, 2.05) is 26.8 Å². The summed E-state index contributed by atoms with van der Waals surface area (Å²) in [6.07, 6.45) is 2.25. The third-order valence-corrected chi connectivity index (χ3v) is 4.42. The lowest BCUT2D eigenvalue weighted by Crippen LogP contribution is -2.49. The van der Waals surface area contributed by atoms with Gasteiger partial charge in [0.2, 0.25) is 0 Å². The molecule has 1 aromatic rings. The number of benzene rings is 1. The van der Waals surface area contributed by atoms with Crippen molar-refractivity contribution < 1.29 is 13.9 Å². The summed E-state index contributed by atoms with van der Waals surface area (Å²) < 4.78 is 20.0. The Morgan fingerprint density at radius 1 is 1.46 bits per heavy atom. The normalized spacial score (nSPS) is 19.1. The van der Waals surface area contributed by atoms with Gasteiger partial charge >= 0.3 is 6.09 Å². The van der Waals surface area contributed by atoms with Crippen LogP contribution in [0.15, 0.2) is 22.7 Å². The zero-order valence-electron chi connectivity index (χ0n) is 14.6. The topological polar surface area (TPSA) is 41.6 Å². The van der Waals surface area contributed by atoms with Gasteiger partial charge in [0.1, 0.15) is 11.4 Å². The van der Waals surface area contributed by atoms with Crippen LogP contribution in [0.25, 0.3) is 0 Å². The van der Waals surface area contributed by atoms with Crippen LogP contribution in [0.3, 0.4) is 0 Å². The van der Waals surface area contributed by atoms with E-state index in [0.717, 1.165) is 36.9 Å². The number of nitrogens with one attached hydrogen (secondary N) is 1. The molecular weight excluding hydrogens is 375 g/mol. The standard InChI is InChI=1S/C18H26BrFN2O2/c1-18(2,3)24-17(23)21-15-5-4-9-22(12-15)10-8-13-11-14(19)6-7-16(13)20/h6-7,11,15H,4-5,8-10,12H2,1-3H3,(H,21,23)/t15-/m1/s1. The lowest BCUT2D eigenvalue weighted by atomic mass is 10.0. The predicted molar refractivity (Wildman–Crippen MR) is 96.6 cm³/mol. The Hall–Kier alpha value is -1.14. The lowest BCUT2D eigenvalue weighted by Gasteiger charge is -2.33. The van der Waals surface area contributed by atoms with E-state index in [4.69, 9.17) is 4.74 Å². The summed E-state index contributed by atoms with van der Waals surface area (Å²) in [6, 6.07) is 5.11. The smallest absolute Gasteiger partial charge is 0.407 e. The molecule has 1 saturated heterocycles. The predicted octanol–water partition coefficient (Wildman–Crippen LogP) is 4.12. The van der Waals surface area contributed by atoms with Crippen molar-refractivity contribution in [3.05, 3.63) is 34.1 Å². The number of likely N-dealkylation sites (tertiary alicyclic amines) is 1. The molecule has 0 bridgehead atoms. The molecule has 24 heavy (non-hydrogen) atoms. The van der Waals surface area contributed by atoms with Gasteiger partial charge in [-0.15, -0.1) is 0 Å². The van der Waals surface area contributed by atoms with Gasteiger partial charge in [0, 0.05) is 23.6 Å². The van der Waals surface area contributed by atoms with E-state index in [2.05, 4.69) is 26.1 Å². The molecule has 0 spiro atoms. The first-order valence-electron chi connectivity index (χ1n) is 8.39. The molecule has 0 aromatic heterocycles. The number of piperidine rings is 1. The summed E-state index contributed by atoms with van der Waals surface area (Å²) in [5.74, 6) is -0.168. The second-order valence-corrected chi connectivity index (χ2v) is 8.19. The zero-order valence-corrected chi connectivity index (χ0v) is 16.2. The molecule has 0 aliphatic carbocycles. The highest BCUT2D eigenvalue weighted by Gasteiger charge is 2.24. The third kappa shape index (κ3) is 6.40. The van der Waals surface area contributed by atoms with Gasteiger partial charge in [-0.05, 0) is 70.3 Å². The number of alkyl carbamates (subject to hydrolysis) is 1. The minimum Gasteiger partial charge on any atom is -0.444 e. The summed E-state index contributed by atoms with van der Waals surface area (Å²) in [5, 5.41) is 2.94. The molecule has 1 heterocycles. The minimum atomic E-state index is -0.489. The van der Waals surface area contributed by atoms with Crippen LogP contribution in [0.2, 0.25) is 0 Å². The maximum absolute atomic E-state index is 13.8. The Balaban J connectivity index is 1.82. The fourth-order valence-electron chi connectivity index (χ4n) is 2.86. The van der Waals surface area contributed by atoms with Crippen molar-refractivity contribution in [3.8, 4) is 0 Å². The molecule has 134 valence electrons. The molecule has 1 aliphatic heterocycles. The Kier molecular flexibility index (Phi) is 6.63. The fourth-order valence-corrected chi connectivity index (χ4v) is 3.27. The average molecular weight is 401 g/mol. The van der Waals surface area contributed by atoms with Gasteiger partial charge in [0.05, 0.1) is 0 Å². The number of carbonyl (C=O) groups excluding carboxylic acids is 1. The maximum Gasteiger partial charge on any atom is 0.407 e. The molecule has 0 unspecified atom stereocenters. The van der Waals surface area contributed by atoms with Crippen LogP contribution in [0.5, 0.6) is 0 Å². The Morgan fingerprint density at radius 2 is 2.21 bits per heavy atom. The molecule has 6 heteroatoms. The Labute approximate surface area is 151 Å². The molecule has 1 fully saturated rings. The second-order valence-electron chi connectivity index (χ2n) is 7.27. The first kappa shape index (κ1) is 19.2. The number of nitrogens with zero attached hydrogens (tertiary/aromatic N) is 1. The van der Waals surface area contributed by atoms with E-state index in [1.54, 1.807) is 6.07 Å². The summed E-state index contributed by atoms with van der Waals surface area (Å²) >= 11 is 3.38. The molecule has 1 amide bonds. The second kappa shape index (κ2) is 8.30. The Bertz CT molecular complexity index is 575. The van der Waals surface area contributed by atoms with Gasteiger partial charge in [0.15, 0.2) is 0 Å². The first-order chi connectivity index (χ1) is 11.2. The Morgan fingerprint density at radius 3 is 2.92 bits per heavy atom. The van der Waals surface area contributed by atoms with Gasteiger partial charge in [-0.25, -0.2) is 9.18 Å². The van der Waals surface area contributed by atoms with Crippen molar-refractivity contribution in [1.29, 1.82) is 0 Å². The number of hydrogen-bond donors (Lipinski definition) is 1. The zero-order chi connectivity index (χ0) is 17.7. The summed E-state index contributed by atoms with van der Waals surface area (Å²) in [7, 11) is 0. The number of hydrogen-bond acceptors (Lipinski definition) is 3. The molecule has 1 atom stereocenters. The van der Waals surface area contributed by atoms with E-state index in [0.29, 0.717) is 12.0 Å². The number of amides is 1. The van der Waals surface area contributed by atoms with Crippen LogP contribution < -0.4 is 5.32 Å². The lowest BCUT2D eigenvalue weighted by molar-refractivity contribution is 0.0472. The number of ether oxygens (including phenoxy) is 1. The highest BCUT2D eigenvalue weighted by Crippen LogP contribution is 2.18. The van der Waals surface area contributed by atoms with Crippen molar-refractivity contribution in [1.82, 2.24) is 10.2 Å². The van der Waals surface area contributed by atoms with E-state index in [9.17, 15) is 9.18 Å². The monoisotopic (exact) mass is 400 g/mol. The minimum absolute atomic E-state index is 0.0842. The van der Waals surface area contributed by atoms with Crippen LogP contribution in [-0.2, 0) is 11.2 Å². The van der Waals surface area contributed by atoms with Crippen molar-refractivity contribution in [2.24, 2.45) is 0 Å². The maximum atomic E-state index is 13.8. The largest absolute Gasteiger partial charge is 0.444 e. The van der Waals surface area contributed by atoms with Crippen LogP contribution in [0, 0.1) is 5.82 Å². The molecule has 1 N–H and O–H groups in total. The first-order valence-corrected chi connectivity index (χ1v) is 9.18. The van der Waals surface area contributed by atoms with Gasteiger partial charge in [-0.3, -0.25) is 0 Å². The van der Waals surface area contributed by atoms with Crippen LogP contribution in [-0.4, -0.2) is 42.3 Å². The van der Waals surface area contributed by atoms with Crippen LogP contribution >= 0.6 is 15.9 Å². The highest BCUT2D eigenvalue weighted by atomic mass is 79.9. The molecule has 1 aliphatic rings. The van der Waals surface area contributed by atoms with E-state index in [-0.39, 0.29) is 18.0 Å². The number of carbonyl (C=O) groups is 1. The van der Waals surface area contributed by atoms with Gasteiger partial charge in [-0.2, -0.15) is 0 Å². The van der Waals surface area contributed by atoms with Crippen molar-refractivity contribution >= 4 is 22.0 Å². The number of halogens is 2. The number of rotatable bonds is 4. The van der Waals surface area contributed by atoms with Crippen molar-refractivity contribution in [3.63, 3.8) is 0 Å². The van der Waals surface area contributed by atoms with E-state index in [1.165, 1.54) is 6.07 Å². The van der Waals surface area contributed by atoms with Gasteiger partial charge < -0.3 is 15.0 Å². The van der Waals surface area contributed by atoms with Gasteiger partial charge in [-0.1, -0.05) is 15.9 Å².